The lowest BCUT2D eigenvalue weighted by molar-refractivity contribution is 0.0176. The molecular formula is C11H10N2O3S. The summed E-state index contributed by atoms with van der Waals surface area (Å²) in [4.78, 5) is 17.6. The summed E-state index contributed by atoms with van der Waals surface area (Å²) in [6, 6.07) is 1.66. The van der Waals surface area contributed by atoms with E-state index in [1.165, 1.54) is 23.9 Å². The number of hydrogen-bond acceptors (Lipinski definition) is 5. The normalized spacial score (nSPS) is 15.6. The zero-order valence-corrected chi connectivity index (χ0v) is 9.72. The standard InChI is InChI=1S/C11H10N2O3S/c14-10(8-1-3-15-7-8)13-5-9(6-13)16-11-12-2-4-17-11/h1-4,7,9H,5-6H2. The molecule has 0 radical (unpaired) electrons. The minimum atomic E-state index is -0.0160. The number of hydrogen-bond donors (Lipinski definition) is 0. The van der Waals surface area contributed by atoms with Gasteiger partial charge in [0.05, 0.1) is 24.9 Å². The van der Waals surface area contributed by atoms with Gasteiger partial charge >= 0.3 is 0 Å². The minimum absolute atomic E-state index is 0.0160. The number of furan rings is 1. The first kappa shape index (κ1) is 10.3. The molecule has 3 rings (SSSR count). The molecular weight excluding hydrogens is 240 g/mol. The molecule has 0 aromatic carbocycles. The second-order valence-electron chi connectivity index (χ2n) is 3.76. The highest BCUT2D eigenvalue weighted by Crippen LogP contribution is 2.21. The van der Waals surface area contributed by atoms with Crippen LogP contribution in [-0.2, 0) is 0 Å². The van der Waals surface area contributed by atoms with Crippen LogP contribution >= 0.6 is 11.3 Å². The summed E-state index contributed by atoms with van der Waals surface area (Å²) >= 11 is 1.46. The second-order valence-corrected chi connectivity index (χ2v) is 4.62. The largest absolute Gasteiger partial charge is 0.472 e. The Balaban J connectivity index is 1.53. The van der Waals surface area contributed by atoms with Gasteiger partial charge in [-0.1, -0.05) is 11.3 Å². The molecule has 1 saturated heterocycles. The lowest BCUT2D eigenvalue weighted by atomic mass is 10.1. The van der Waals surface area contributed by atoms with Crippen LogP contribution in [0.4, 0.5) is 0 Å². The van der Waals surface area contributed by atoms with Crippen molar-refractivity contribution < 1.29 is 13.9 Å². The van der Waals surface area contributed by atoms with Gasteiger partial charge in [0.1, 0.15) is 12.4 Å². The molecule has 0 spiro atoms. The Bertz CT molecular complexity index is 489. The molecule has 0 saturated carbocycles. The molecule has 0 bridgehead atoms. The van der Waals surface area contributed by atoms with Crippen LogP contribution in [0.15, 0.2) is 34.6 Å². The lowest BCUT2D eigenvalue weighted by Gasteiger charge is -2.38. The van der Waals surface area contributed by atoms with E-state index in [1.807, 2.05) is 5.38 Å². The number of likely N-dealkylation sites (tertiary alicyclic amines) is 1. The molecule has 88 valence electrons. The lowest BCUT2D eigenvalue weighted by Crippen LogP contribution is -2.56. The van der Waals surface area contributed by atoms with Gasteiger partial charge in [0.15, 0.2) is 0 Å². The van der Waals surface area contributed by atoms with Gasteiger partial charge in [-0.15, -0.1) is 0 Å². The maximum absolute atomic E-state index is 11.8. The van der Waals surface area contributed by atoms with Crippen molar-refractivity contribution in [3.63, 3.8) is 0 Å². The summed E-state index contributed by atoms with van der Waals surface area (Å²) in [5.74, 6) is -0.0160. The number of carbonyl (C=O) groups is 1. The van der Waals surface area contributed by atoms with E-state index in [1.54, 1.807) is 17.2 Å². The van der Waals surface area contributed by atoms with E-state index in [4.69, 9.17) is 9.15 Å². The maximum Gasteiger partial charge on any atom is 0.273 e. The number of carbonyl (C=O) groups excluding carboxylic acids is 1. The molecule has 0 unspecified atom stereocenters. The van der Waals surface area contributed by atoms with Crippen LogP contribution in [0.1, 0.15) is 10.4 Å². The van der Waals surface area contributed by atoms with Crippen LogP contribution in [0.2, 0.25) is 0 Å². The summed E-state index contributed by atoms with van der Waals surface area (Å²) in [6.45, 7) is 1.20. The Morgan fingerprint density at radius 2 is 2.47 bits per heavy atom. The molecule has 1 aliphatic heterocycles. The van der Waals surface area contributed by atoms with Gasteiger partial charge in [-0.2, -0.15) is 0 Å². The highest BCUT2D eigenvalue weighted by Gasteiger charge is 2.33. The van der Waals surface area contributed by atoms with Gasteiger partial charge in [-0.3, -0.25) is 4.79 Å². The summed E-state index contributed by atoms with van der Waals surface area (Å²) in [5.41, 5.74) is 0.581. The zero-order valence-electron chi connectivity index (χ0n) is 8.91. The van der Waals surface area contributed by atoms with Crippen molar-refractivity contribution in [1.29, 1.82) is 0 Å². The van der Waals surface area contributed by atoms with Gasteiger partial charge in [0.25, 0.3) is 11.1 Å². The van der Waals surface area contributed by atoms with E-state index < -0.39 is 0 Å². The summed E-state index contributed by atoms with van der Waals surface area (Å²) in [7, 11) is 0. The van der Waals surface area contributed by atoms with Crippen LogP contribution in [0.3, 0.4) is 0 Å². The van der Waals surface area contributed by atoms with Crippen molar-refractivity contribution in [2.24, 2.45) is 0 Å². The Hall–Kier alpha value is -1.82. The van der Waals surface area contributed by atoms with E-state index in [0.717, 1.165) is 0 Å². The highest BCUT2D eigenvalue weighted by molar-refractivity contribution is 7.11. The van der Waals surface area contributed by atoms with Crippen LogP contribution in [0.5, 0.6) is 5.19 Å². The SMILES string of the molecule is O=C(c1ccoc1)N1CC(Oc2nccs2)C1. The van der Waals surface area contributed by atoms with Crippen molar-refractivity contribution >= 4 is 17.2 Å². The maximum atomic E-state index is 11.8. The molecule has 2 aromatic rings. The van der Waals surface area contributed by atoms with E-state index in [-0.39, 0.29) is 12.0 Å². The Labute approximate surface area is 102 Å². The molecule has 3 heterocycles. The molecule has 1 aliphatic rings. The molecule has 6 heteroatoms. The van der Waals surface area contributed by atoms with Crippen molar-refractivity contribution in [2.45, 2.75) is 6.10 Å². The first-order chi connectivity index (χ1) is 8.33. The summed E-state index contributed by atoms with van der Waals surface area (Å²) in [6.07, 6.45) is 4.71. The predicted octanol–water partition coefficient (Wildman–Crippen LogP) is 1.64. The van der Waals surface area contributed by atoms with E-state index >= 15 is 0 Å². The minimum Gasteiger partial charge on any atom is -0.472 e. The molecule has 2 aromatic heterocycles. The third kappa shape index (κ3) is 2.03. The highest BCUT2D eigenvalue weighted by atomic mass is 32.1. The Morgan fingerprint density at radius 3 is 3.12 bits per heavy atom. The molecule has 1 amide bonds. The van der Waals surface area contributed by atoms with Crippen LogP contribution in [0.25, 0.3) is 0 Å². The molecule has 0 aliphatic carbocycles. The zero-order chi connectivity index (χ0) is 11.7. The second kappa shape index (κ2) is 4.21. The molecule has 1 fully saturated rings. The first-order valence-corrected chi connectivity index (χ1v) is 6.08. The molecule has 0 atom stereocenters. The third-order valence-corrected chi connectivity index (χ3v) is 3.24. The predicted molar refractivity (Wildman–Crippen MR) is 61.1 cm³/mol. The number of ether oxygens (including phenoxy) is 1. The number of rotatable bonds is 3. The topological polar surface area (TPSA) is 55.6 Å². The Kier molecular flexibility index (Phi) is 2.56. The average Bonchev–Trinajstić information content (AvgIpc) is 2.94. The smallest absolute Gasteiger partial charge is 0.273 e. The van der Waals surface area contributed by atoms with Crippen molar-refractivity contribution in [3.8, 4) is 5.19 Å². The van der Waals surface area contributed by atoms with E-state index in [9.17, 15) is 4.79 Å². The van der Waals surface area contributed by atoms with E-state index in [2.05, 4.69) is 4.98 Å². The average molecular weight is 250 g/mol. The molecule has 5 nitrogen and oxygen atoms in total. The fourth-order valence-electron chi connectivity index (χ4n) is 1.66. The fraction of sp³-hybridized carbons (Fsp3) is 0.273. The van der Waals surface area contributed by atoms with Crippen molar-refractivity contribution in [1.82, 2.24) is 9.88 Å². The van der Waals surface area contributed by atoms with Crippen LogP contribution < -0.4 is 4.74 Å². The number of amides is 1. The van der Waals surface area contributed by atoms with Gasteiger partial charge in [-0.25, -0.2) is 4.98 Å². The molecule has 17 heavy (non-hydrogen) atoms. The van der Waals surface area contributed by atoms with Crippen LogP contribution in [0, 0.1) is 0 Å². The van der Waals surface area contributed by atoms with E-state index in [0.29, 0.717) is 23.8 Å². The summed E-state index contributed by atoms with van der Waals surface area (Å²) in [5, 5.41) is 2.52. The van der Waals surface area contributed by atoms with Crippen molar-refractivity contribution in [3.05, 3.63) is 35.7 Å². The van der Waals surface area contributed by atoms with Gasteiger partial charge < -0.3 is 14.1 Å². The van der Waals surface area contributed by atoms with Gasteiger partial charge in [0, 0.05) is 11.6 Å². The molecule has 0 N–H and O–H groups in total. The Morgan fingerprint density at radius 1 is 1.59 bits per heavy atom. The third-order valence-electron chi connectivity index (χ3n) is 2.58. The quantitative estimate of drug-likeness (QED) is 0.831. The number of aromatic nitrogens is 1. The first-order valence-electron chi connectivity index (χ1n) is 5.20. The number of nitrogens with zero attached hydrogens (tertiary/aromatic N) is 2. The van der Waals surface area contributed by atoms with Crippen LogP contribution in [-0.4, -0.2) is 35.0 Å². The number of thiazole rings is 1. The van der Waals surface area contributed by atoms with Gasteiger partial charge in [0.2, 0.25) is 0 Å². The summed E-state index contributed by atoms with van der Waals surface area (Å²) < 4.78 is 10.5. The monoisotopic (exact) mass is 250 g/mol. The fourth-order valence-corrected chi connectivity index (χ4v) is 2.21. The van der Waals surface area contributed by atoms with Crippen molar-refractivity contribution in [2.75, 3.05) is 13.1 Å². The van der Waals surface area contributed by atoms with Gasteiger partial charge in [-0.05, 0) is 6.07 Å².